The van der Waals surface area contributed by atoms with Gasteiger partial charge in [0.15, 0.2) is 0 Å². The van der Waals surface area contributed by atoms with Gasteiger partial charge in [0.25, 0.3) is 0 Å². The molecule has 0 saturated heterocycles. The summed E-state index contributed by atoms with van der Waals surface area (Å²) in [6.07, 6.45) is 14.0. The number of rotatable bonds is 22. The van der Waals surface area contributed by atoms with E-state index in [1.165, 1.54) is 41.9 Å². The molecule has 0 fully saturated rings. The number of fused-ring (bicyclic) bond motifs is 2. The highest BCUT2D eigenvalue weighted by atomic mass is 32.1. The fourth-order valence-electron chi connectivity index (χ4n) is 9.54. The molecule has 0 bridgehead atoms. The van der Waals surface area contributed by atoms with Crippen LogP contribution in [0.3, 0.4) is 0 Å². The zero-order chi connectivity index (χ0) is 52.5. The highest BCUT2D eigenvalue weighted by Gasteiger charge is 2.32. The second-order valence-corrected chi connectivity index (χ2v) is 20.0. The highest BCUT2D eigenvalue weighted by molar-refractivity contribution is 7.17. The number of halogens is 2. The molecule has 0 spiro atoms. The molecule has 0 radical (unpaired) electrons. The first-order valence-corrected chi connectivity index (χ1v) is 26.2. The van der Waals surface area contributed by atoms with Crippen molar-refractivity contribution in [2.45, 2.75) is 78.1 Å². The number of hydrogen-bond donors (Lipinski definition) is 2. The Morgan fingerprint density at radius 3 is 1.72 bits per heavy atom. The predicted molar refractivity (Wildman–Crippen MR) is 295 cm³/mol. The molecular formula is C59H53BF2N4O6S2. The first-order chi connectivity index (χ1) is 35.9. The molecule has 1 aliphatic heterocycles. The Morgan fingerprint density at radius 2 is 1.19 bits per heavy atom. The van der Waals surface area contributed by atoms with Gasteiger partial charge in [-0.1, -0.05) is 101 Å². The Kier molecular flexibility index (Phi) is 16.9. The van der Waals surface area contributed by atoms with Crippen molar-refractivity contribution in [1.29, 1.82) is 10.5 Å². The number of aromatic nitrogens is 1. The maximum absolute atomic E-state index is 16.2. The number of carboxylic acids is 2. The van der Waals surface area contributed by atoms with Gasteiger partial charge in [0.2, 0.25) is 0 Å². The first kappa shape index (κ1) is 52.5. The molecule has 0 aliphatic carbocycles. The molecule has 10 nitrogen and oxygen atoms in total. The van der Waals surface area contributed by atoms with Crippen molar-refractivity contribution in [3.05, 3.63) is 151 Å². The number of nitriles is 2. The van der Waals surface area contributed by atoms with Crippen LogP contribution in [0.4, 0.5) is 8.63 Å². The van der Waals surface area contributed by atoms with Gasteiger partial charge in [-0.15, -0.1) is 22.7 Å². The van der Waals surface area contributed by atoms with Gasteiger partial charge in [-0.3, -0.25) is 8.63 Å². The van der Waals surface area contributed by atoms with Gasteiger partial charge in [0, 0.05) is 58.2 Å². The number of unbranched alkanes of at least 4 members (excludes halogenated alkanes) is 6. The standard InChI is InChI=1S/C59H53BF2N4O6S2/c1-5-7-9-11-17-36-27-42(29-40(34-63)58(67)68)73-56(36)38-23-25-44-48(31-38)54(46-19-13-15-21-52(46)71-3)65-50(44)33-51-45-26-24-39(32-49(45)55(66(51)60(61)62)47-20-14-16-22-53(47)72-4)57-37(18-12-10-8-6-2)28-43(74-57)30-41(35-64)59(69)70/h13-16,19-33H,5-12,17-18H2,1-4H3,(H,67,68)(H,69,70)/b40-29-,41-30+,50-33-. The van der Waals surface area contributed by atoms with Crippen molar-refractivity contribution in [1.82, 2.24) is 4.48 Å². The normalized spacial score (nSPS) is 12.9. The molecule has 2 N–H and O–H groups in total. The van der Waals surface area contributed by atoms with Gasteiger partial charge in [0.05, 0.1) is 31.3 Å². The van der Waals surface area contributed by atoms with Crippen LogP contribution < -0.4 is 9.47 Å². The number of nitrogens with zero attached hydrogens (tertiary/aromatic N) is 4. The maximum atomic E-state index is 16.2. The maximum Gasteiger partial charge on any atom is 0.678 e. The van der Waals surface area contributed by atoms with E-state index in [0.29, 0.717) is 66.5 Å². The molecule has 8 rings (SSSR count). The highest BCUT2D eigenvalue weighted by Crippen LogP contribution is 2.46. The minimum Gasteiger partial charge on any atom is -0.496 e. The number of aryl methyl sites for hydroxylation is 2. The second kappa shape index (κ2) is 23.8. The molecule has 7 aromatic rings. The van der Waals surface area contributed by atoms with Crippen LogP contribution >= 0.6 is 22.7 Å². The topological polar surface area (TPSA) is 158 Å². The summed E-state index contributed by atoms with van der Waals surface area (Å²) in [5, 5.41) is 39.7. The van der Waals surface area contributed by atoms with E-state index in [9.17, 15) is 30.3 Å². The molecular weight excluding hydrogens is 974 g/mol. The second-order valence-electron chi connectivity index (χ2n) is 17.9. The predicted octanol–water partition coefficient (Wildman–Crippen LogP) is 15.1. The number of ether oxygens (including phenoxy) is 2. The van der Waals surface area contributed by atoms with Gasteiger partial charge < -0.3 is 24.2 Å². The Balaban J connectivity index is 1.36. The number of carbonyl (C=O) groups is 2. The molecule has 0 saturated carbocycles. The summed E-state index contributed by atoms with van der Waals surface area (Å²) in [4.78, 5) is 32.1. The van der Waals surface area contributed by atoms with Crippen LogP contribution in [0.1, 0.15) is 108 Å². The zero-order valence-corrected chi connectivity index (χ0v) is 43.1. The third-order valence-electron chi connectivity index (χ3n) is 13.1. The summed E-state index contributed by atoms with van der Waals surface area (Å²) in [5.41, 5.74) is 6.91. The fourth-order valence-corrected chi connectivity index (χ4v) is 11.8. The number of carboxylic acid groups (broad SMARTS) is 2. The summed E-state index contributed by atoms with van der Waals surface area (Å²) in [6, 6.07) is 33.6. The average molecular weight is 1030 g/mol. The van der Waals surface area contributed by atoms with Gasteiger partial charge >= 0.3 is 19.3 Å². The van der Waals surface area contributed by atoms with Crippen LogP contribution in [-0.2, 0) is 22.4 Å². The van der Waals surface area contributed by atoms with Gasteiger partial charge in [0.1, 0.15) is 34.8 Å². The number of para-hydroxylation sites is 2. The summed E-state index contributed by atoms with van der Waals surface area (Å²) in [7, 11) is 0.0643. The smallest absolute Gasteiger partial charge is 0.496 e. The number of aliphatic carboxylic acids is 2. The van der Waals surface area contributed by atoms with E-state index in [1.54, 1.807) is 49.6 Å². The lowest BCUT2D eigenvalue weighted by Gasteiger charge is -2.13. The molecule has 1 aliphatic rings. The average Bonchev–Trinajstić information content (AvgIpc) is 4.19. The SMILES string of the molecule is CCCCCCc1cc(/C=C(/C#N)C(=O)O)sc1-c1ccc2c(c1)C(c1ccccc1OC)=N/C2=C\c1c2ccc(-c3sc(/C=C(\C#N)C(=O)O)cc3CCCCCC)cc2c(-c2ccccc2OC)n1B(F)F. The van der Waals surface area contributed by atoms with Crippen LogP contribution in [0.25, 0.3) is 66.8 Å². The minimum absolute atomic E-state index is 0.211. The van der Waals surface area contributed by atoms with Crippen molar-refractivity contribution >= 4 is 82.4 Å². The van der Waals surface area contributed by atoms with E-state index >= 15 is 8.63 Å². The minimum atomic E-state index is -3.02. The lowest BCUT2D eigenvalue weighted by Crippen LogP contribution is -2.16. The lowest BCUT2D eigenvalue weighted by molar-refractivity contribution is -0.133. The molecule has 374 valence electrons. The fraction of sp³-hybridized carbons (Fsp3) is 0.237. The van der Waals surface area contributed by atoms with Crippen molar-refractivity contribution in [2.75, 3.05) is 14.2 Å². The molecule has 4 heterocycles. The van der Waals surface area contributed by atoms with E-state index in [1.807, 2.05) is 72.8 Å². The van der Waals surface area contributed by atoms with Crippen molar-refractivity contribution < 1.29 is 37.9 Å². The van der Waals surface area contributed by atoms with Crippen molar-refractivity contribution in [2.24, 2.45) is 4.99 Å². The summed E-state index contributed by atoms with van der Waals surface area (Å²) in [6.45, 7) is 4.29. The number of benzene rings is 4. The Hall–Kier alpha value is -7.85. The van der Waals surface area contributed by atoms with E-state index in [2.05, 4.69) is 13.8 Å². The largest absolute Gasteiger partial charge is 0.678 e. The van der Waals surface area contributed by atoms with Crippen molar-refractivity contribution in [3.8, 4) is 55.8 Å². The van der Waals surface area contributed by atoms with Gasteiger partial charge in [-0.25, -0.2) is 14.6 Å². The van der Waals surface area contributed by atoms with E-state index < -0.39 is 19.3 Å². The molecule has 74 heavy (non-hydrogen) atoms. The molecule has 15 heteroatoms. The quantitative estimate of drug-likeness (QED) is 0.0294. The van der Waals surface area contributed by atoms with E-state index in [-0.39, 0.29) is 22.5 Å². The molecule has 3 aromatic heterocycles. The number of thiophene rings is 2. The summed E-state index contributed by atoms with van der Waals surface area (Å²) in [5.74, 6) is -1.66. The van der Waals surface area contributed by atoms with Gasteiger partial charge in [-0.05, 0) is 115 Å². The first-order valence-electron chi connectivity index (χ1n) is 24.6. The molecule has 0 atom stereocenters. The summed E-state index contributed by atoms with van der Waals surface area (Å²) < 4.78 is 45.2. The lowest BCUT2D eigenvalue weighted by atomic mass is 9.94. The summed E-state index contributed by atoms with van der Waals surface area (Å²) >= 11 is 2.76. The van der Waals surface area contributed by atoms with Crippen LogP contribution in [0.15, 0.2) is 113 Å². The van der Waals surface area contributed by atoms with Gasteiger partial charge in [-0.2, -0.15) is 10.5 Å². The van der Waals surface area contributed by atoms with Crippen LogP contribution in [0.5, 0.6) is 11.5 Å². The number of methoxy groups -OCH3 is 2. The third-order valence-corrected chi connectivity index (χ3v) is 15.4. The molecule has 0 unspecified atom stereocenters. The Bertz CT molecular complexity index is 3500. The van der Waals surface area contributed by atoms with Crippen LogP contribution in [0.2, 0.25) is 0 Å². The molecule has 0 amide bonds. The van der Waals surface area contributed by atoms with Crippen LogP contribution in [0, 0.1) is 22.7 Å². The monoisotopic (exact) mass is 1030 g/mol. The Morgan fingerprint density at radius 1 is 0.662 bits per heavy atom. The van der Waals surface area contributed by atoms with E-state index in [4.69, 9.17) is 14.5 Å². The molecule has 4 aromatic carbocycles. The van der Waals surface area contributed by atoms with E-state index in [0.717, 1.165) is 99.8 Å². The number of aliphatic imine (C=N–C) groups is 1. The Labute approximate surface area is 437 Å². The third kappa shape index (κ3) is 11.1. The van der Waals surface area contributed by atoms with Crippen LogP contribution in [-0.4, -0.2) is 54.0 Å². The zero-order valence-electron chi connectivity index (χ0n) is 41.5. The number of hydrogen-bond acceptors (Lipinski definition) is 9. The van der Waals surface area contributed by atoms with Crippen molar-refractivity contribution in [3.63, 3.8) is 0 Å².